The van der Waals surface area contributed by atoms with Gasteiger partial charge in [-0.1, -0.05) is 55.5 Å². The zero-order valence-corrected chi connectivity index (χ0v) is 83.2. The van der Waals surface area contributed by atoms with Crippen LogP contribution in [0.1, 0.15) is 183 Å². The van der Waals surface area contributed by atoms with Gasteiger partial charge in [-0.25, -0.2) is 8.78 Å². The monoisotopic (exact) mass is 1970 g/mol. The van der Waals surface area contributed by atoms with Gasteiger partial charge >= 0.3 is 0 Å². The number of pyridine rings is 6. The second-order valence-electron chi connectivity index (χ2n) is 38.7. The lowest BCUT2D eigenvalue weighted by atomic mass is 9.96. The van der Waals surface area contributed by atoms with Crippen LogP contribution in [-0.4, -0.2) is 230 Å². The number of rotatable bonds is 15. The van der Waals surface area contributed by atoms with Crippen molar-refractivity contribution in [3.8, 4) is 90.1 Å². The van der Waals surface area contributed by atoms with E-state index < -0.39 is 0 Å². The maximum absolute atomic E-state index is 15.6. The van der Waals surface area contributed by atoms with E-state index in [1.54, 1.807) is 111 Å². The molecule has 33 nitrogen and oxygen atoms in total. The van der Waals surface area contributed by atoms with E-state index in [1.165, 1.54) is 23.5 Å². The Morgan fingerprint density at radius 1 is 0.363 bits per heavy atom. The second kappa shape index (κ2) is 41.9. The van der Waals surface area contributed by atoms with Crippen molar-refractivity contribution in [2.75, 3.05) is 86.1 Å². The number of aryl methyl sites for hydroxylation is 2. The van der Waals surface area contributed by atoms with E-state index in [2.05, 4.69) is 90.6 Å². The molecule has 24 rings (SSSR count). The highest BCUT2D eigenvalue weighted by Crippen LogP contribution is 2.46. The predicted octanol–water partition coefficient (Wildman–Crippen LogP) is 16.6. The summed E-state index contributed by atoms with van der Waals surface area (Å²) in [5.41, 5.74) is 22.2. The highest BCUT2D eigenvalue weighted by atomic mass is 19.1. The van der Waals surface area contributed by atoms with Gasteiger partial charge in [0.1, 0.15) is 34.4 Å². The number of carbonyl (C=O) groups excluding carboxylic acids is 6. The molecule has 4 fully saturated rings. The number of ketones is 1. The van der Waals surface area contributed by atoms with Crippen LogP contribution in [0.25, 0.3) is 133 Å². The van der Waals surface area contributed by atoms with Crippen LogP contribution < -0.4 is 5.32 Å². The third-order valence-corrected chi connectivity index (χ3v) is 29.7. The number of fused-ring (bicyclic) bond motifs is 8. The Morgan fingerprint density at radius 3 is 0.986 bits per heavy atom. The molecule has 0 aliphatic carbocycles. The van der Waals surface area contributed by atoms with Crippen LogP contribution in [0.3, 0.4) is 0 Å². The Bertz CT molecular complexity index is 7710. The van der Waals surface area contributed by atoms with Crippen molar-refractivity contribution in [2.24, 2.45) is 14.1 Å². The zero-order valence-electron chi connectivity index (χ0n) is 83.2. The largest absolute Gasteiger partial charge is 0.381 e. The number of hydrogen-bond donors (Lipinski definition) is 1. The average Bonchev–Trinajstić information content (AvgIpc) is 1.51. The molecule has 146 heavy (non-hydrogen) atoms. The second-order valence-corrected chi connectivity index (χ2v) is 38.7. The van der Waals surface area contributed by atoms with Gasteiger partial charge in [-0.15, -0.1) is 0 Å². The van der Waals surface area contributed by atoms with E-state index in [0.717, 1.165) is 225 Å². The summed E-state index contributed by atoms with van der Waals surface area (Å²) in [6.45, 7) is 18.7. The highest BCUT2D eigenvalue weighted by Gasteiger charge is 2.38. The molecule has 4 saturated heterocycles. The van der Waals surface area contributed by atoms with E-state index in [0.29, 0.717) is 154 Å². The van der Waals surface area contributed by atoms with Crippen molar-refractivity contribution in [1.29, 1.82) is 0 Å². The molecule has 0 radical (unpaired) electrons. The maximum Gasteiger partial charge on any atom is 0.269 e. The molecular weight excluding hydrogens is 1850 g/mol. The Kier molecular flexibility index (Phi) is 27.8. The Hall–Kier alpha value is -15.2. The summed E-state index contributed by atoms with van der Waals surface area (Å²) in [5.74, 6) is -0.748. The maximum atomic E-state index is 15.6. The van der Waals surface area contributed by atoms with E-state index in [-0.39, 0.29) is 59.0 Å². The SMILES string of the molecule is CC(=O)N1CCc2c(c(-c3c(F)ccc4cc(-c5cnn(C)c5)ncc34)nn2C2CCOCC2)C1.CC(=O)N1CCc2c(c(-c3cccc4cc(-c5cnn(C)c5)ncc34)nn2C2CCOCC2)C1.CCC(=O)c1ccc(-c2cc3ccc(F)c(-c4nn(C5CCOCC5)c5c4CN(C(C)=O)CC5)c3cn2)cn1.CNC(=O)c1ccc(-c2cc3cccc(-c4nn(C5CCOCC5)c5c4CN(C(C)=O)CC5)c3cn2)cn1. The fourth-order valence-corrected chi connectivity index (χ4v) is 21.7. The molecule has 8 aliphatic rings. The summed E-state index contributed by atoms with van der Waals surface area (Å²) in [7, 11) is 5.35. The number of nitrogens with zero attached hydrogens (tertiary/aromatic N) is 22. The molecule has 35 heteroatoms. The smallest absolute Gasteiger partial charge is 0.269 e. The quantitative estimate of drug-likeness (QED) is 0.0932. The van der Waals surface area contributed by atoms with Crippen molar-refractivity contribution < 1.29 is 56.5 Å². The van der Waals surface area contributed by atoms with Crippen molar-refractivity contribution in [2.45, 2.75) is 168 Å². The number of carbonyl (C=O) groups is 6. The lowest BCUT2D eigenvalue weighted by molar-refractivity contribution is -0.130. The van der Waals surface area contributed by atoms with Gasteiger partial charge in [-0.05, 0) is 134 Å². The predicted molar refractivity (Wildman–Crippen MR) is 546 cm³/mol. The van der Waals surface area contributed by atoms with Crippen LogP contribution in [0.15, 0.2) is 171 Å². The van der Waals surface area contributed by atoms with Crippen LogP contribution in [0, 0.1) is 11.6 Å². The van der Waals surface area contributed by atoms with Crippen LogP contribution in [0.2, 0.25) is 0 Å². The van der Waals surface area contributed by atoms with Crippen LogP contribution >= 0.6 is 0 Å². The number of hydrogen-bond acceptors (Lipinski definition) is 22. The molecule has 5 amide bonds. The molecule has 0 bridgehead atoms. The van der Waals surface area contributed by atoms with Gasteiger partial charge in [-0.2, -0.15) is 30.6 Å². The Labute approximate surface area is 841 Å². The number of amides is 5. The summed E-state index contributed by atoms with van der Waals surface area (Å²) in [4.78, 5) is 108. The van der Waals surface area contributed by atoms with Gasteiger partial charge in [0, 0.05) is 347 Å². The number of benzene rings is 4. The lowest BCUT2D eigenvalue weighted by Crippen LogP contribution is -2.35. The van der Waals surface area contributed by atoms with Gasteiger partial charge in [0.15, 0.2) is 5.78 Å². The third-order valence-electron chi connectivity index (χ3n) is 29.7. The first-order valence-electron chi connectivity index (χ1n) is 50.4. The first kappa shape index (κ1) is 96.9. The van der Waals surface area contributed by atoms with Crippen molar-refractivity contribution in [3.63, 3.8) is 0 Å². The normalized spacial score (nSPS) is 16.3. The summed E-state index contributed by atoms with van der Waals surface area (Å²) in [6, 6.07) is 35.1. The number of ether oxygens (including phenoxy) is 4. The van der Waals surface area contributed by atoms with Gasteiger partial charge in [-0.3, -0.25) is 86.8 Å². The van der Waals surface area contributed by atoms with E-state index in [1.807, 2.05) is 96.2 Å². The molecule has 0 unspecified atom stereocenters. The first-order chi connectivity index (χ1) is 71.0. The zero-order chi connectivity index (χ0) is 101. The molecule has 1 N–H and O–H groups in total. The third kappa shape index (κ3) is 19.5. The molecule has 0 spiro atoms. The summed E-state index contributed by atoms with van der Waals surface area (Å²) < 4.78 is 65.6. The summed E-state index contributed by atoms with van der Waals surface area (Å²) in [5, 5.41) is 38.8. The molecule has 8 aliphatic heterocycles. The topological polar surface area (TPSA) is 349 Å². The molecule has 12 aromatic heterocycles. The van der Waals surface area contributed by atoms with Crippen molar-refractivity contribution >= 4 is 78.4 Å². The van der Waals surface area contributed by atoms with Gasteiger partial charge < -0.3 is 43.9 Å². The number of aromatic nitrogens is 18. The molecule has 0 saturated carbocycles. The molecular formula is C111H115F2N23O10. The van der Waals surface area contributed by atoms with E-state index >= 15 is 8.78 Å². The molecule has 748 valence electrons. The van der Waals surface area contributed by atoms with Gasteiger partial charge in [0.2, 0.25) is 23.6 Å². The highest BCUT2D eigenvalue weighted by molar-refractivity contribution is 6.02. The lowest BCUT2D eigenvalue weighted by Gasteiger charge is -2.29. The minimum atomic E-state index is -0.375. The first-order valence-corrected chi connectivity index (χ1v) is 50.4. The van der Waals surface area contributed by atoms with E-state index in [4.69, 9.17) is 49.3 Å². The van der Waals surface area contributed by atoms with Crippen LogP contribution in [0.4, 0.5) is 8.78 Å². The summed E-state index contributed by atoms with van der Waals surface area (Å²) >= 11 is 0. The van der Waals surface area contributed by atoms with Crippen molar-refractivity contribution in [3.05, 3.63) is 239 Å². The molecule has 4 aromatic carbocycles. The van der Waals surface area contributed by atoms with Crippen LogP contribution in [0.5, 0.6) is 0 Å². The molecule has 0 atom stereocenters. The molecule has 20 heterocycles. The average molecular weight is 1970 g/mol. The Balaban J connectivity index is 0.000000115. The fraction of sp³-hybridized carbons (Fsp3) is 0.369. The minimum absolute atomic E-state index is 0.00428. The van der Waals surface area contributed by atoms with Gasteiger partial charge in [0.05, 0.1) is 70.7 Å². The Morgan fingerprint density at radius 2 is 0.678 bits per heavy atom. The van der Waals surface area contributed by atoms with Gasteiger partial charge in [0.25, 0.3) is 5.91 Å². The number of nitrogens with one attached hydrogen (secondary N) is 1. The minimum Gasteiger partial charge on any atom is -0.381 e. The van der Waals surface area contributed by atoms with Crippen molar-refractivity contribution in [1.82, 2.24) is 114 Å². The standard InChI is InChI=1S/C30H30FN5O3.C29H30N6O3.C26H27FN6O2.C26H28N6O2/c1-3-28(38)25-7-5-20(15-32-25)26-14-19-4-6-24(31)29(22(19)16-33-26)30-23-17-35(18(2)37)11-8-27(23)36(34-30)21-9-12-39-13-10-21;1-18(36)34-11-8-27-24(17-34)28(33-35(27)21-9-12-38-13-10-21)22-5-3-4-19-14-26(32-16-23(19)22)20-6-7-25(31-15-20)29(37)30-2;1-16(34)32-8-5-24-21(15-32)26(30-33(24)19-6-9-35-10-7-19)25-20-13-28-23(18-12-29-31(2)14-18)11-17(20)3-4-22(25)27;1-17(33)31-9-6-25-23(16-31)26(29-32(25)20-7-10-34-11-8-20)21-5-3-4-18-12-24(27-14-22(18)21)19-13-28-30(2)15-19/h4-7,14-16,21H,3,8-13,17H2,1-2H3;3-7,14-16,21H,8-13,17H2,1-2H3,(H,30,37);3-4,11-14,19H,5-10,15H2,1-2H3;3-5,12-15,20H,6-11,16H2,1-2H3. The van der Waals surface area contributed by atoms with Crippen LogP contribution in [-0.2, 0) is 104 Å². The fourth-order valence-electron chi connectivity index (χ4n) is 21.7. The molecule has 16 aromatic rings. The number of halogens is 2. The number of Topliss-reactive ketones (excluding diaryl/α,β-unsaturated/α-hetero) is 1. The van der Waals surface area contributed by atoms with E-state index in [9.17, 15) is 28.8 Å². The summed E-state index contributed by atoms with van der Waals surface area (Å²) in [6.07, 6.45) is 28.7.